The van der Waals surface area contributed by atoms with Crippen LogP contribution in [0.15, 0.2) is 18.2 Å². The standard InChI is InChI=1S/C12H14BrNO4S/c1-7(19(2,16)17)12(13)8-3-4-10-9(5-8)14-11(15)6-18-10/h3-5,7,12H,6H2,1-2H3,(H,14,15). The molecule has 0 saturated carbocycles. The fourth-order valence-corrected chi connectivity index (χ4v) is 3.81. The van der Waals surface area contributed by atoms with Crippen molar-refractivity contribution in [2.75, 3.05) is 18.2 Å². The topological polar surface area (TPSA) is 72.5 Å². The van der Waals surface area contributed by atoms with Crippen LogP contribution in [0.1, 0.15) is 17.3 Å². The van der Waals surface area contributed by atoms with E-state index in [1.807, 2.05) is 0 Å². The minimum atomic E-state index is -3.15. The Bertz CT molecular complexity index is 614. The molecule has 0 aromatic heterocycles. The number of hydrogen-bond acceptors (Lipinski definition) is 4. The number of benzene rings is 1. The Morgan fingerprint density at radius 2 is 2.11 bits per heavy atom. The highest BCUT2D eigenvalue weighted by Gasteiger charge is 2.26. The number of fused-ring (bicyclic) bond motifs is 1. The van der Waals surface area contributed by atoms with Crippen LogP contribution in [0.2, 0.25) is 0 Å². The van der Waals surface area contributed by atoms with Crippen LogP contribution in [-0.2, 0) is 14.6 Å². The van der Waals surface area contributed by atoms with Crippen LogP contribution in [0.4, 0.5) is 5.69 Å². The van der Waals surface area contributed by atoms with Crippen molar-refractivity contribution in [2.45, 2.75) is 17.0 Å². The maximum Gasteiger partial charge on any atom is 0.262 e. The first kappa shape index (κ1) is 14.3. The minimum Gasteiger partial charge on any atom is -0.482 e. The van der Waals surface area contributed by atoms with Crippen molar-refractivity contribution >= 4 is 37.4 Å². The summed E-state index contributed by atoms with van der Waals surface area (Å²) < 4.78 is 28.4. The summed E-state index contributed by atoms with van der Waals surface area (Å²) >= 11 is 3.40. The molecule has 0 fully saturated rings. The molecule has 1 aromatic carbocycles. The molecule has 0 aliphatic carbocycles. The Morgan fingerprint density at radius 1 is 1.42 bits per heavy atom. The van der Waals surface area contributed by atoms with E-state index in [2.05, 4.69) is 21.2 Å². The van der Waals surface area contributed by atoms with Crippen molar-refractivity contribution in [1.29, 1.82) is 0 Å². The van der Waals surface area contributed by atoms with E-state index in [9.17, 15) is 13.2 Å². The van der Waals surface area contributed by atoms with E-state index < -0.39 is 15.1 Å². The molecular weight excluding hydrogens is 334 g/mol. The van der Waals surface area contributed by atoms with Crippen molar-refractivity contribution in [3.63, 3.8) is 0 Å². The largest absolute Gasteiger partial charge is 0.482 e. The molecule has 0 saturated heterocycles. The third-order valence-electron chi connectivity index (χ3n) is 3.04. The molecule has 104 valence electrons. The third-order valence-corrected chi connectivity index (χ3v) is 6.34. The minimum absolute atomic E-state index is 0.00380. The van der Waals surface area contributed by atoms with Gasteiger partial charge in [-0.3, -0.25) is 4.79 Å². The zero-order chi connectivity index (χ0) is 14.2. The van der Waals surface area contributed by atoms with Gasteiger partial charge in [-0.1, -0.05) is 22.0 Å². The number of carbonyl (C=O) groups excluding carboxylic acids is 1. The molecule has 0 radical (unpaired) electrons. The van der Waals surface area contributed by atoms with Gasteiger partial charge in [-0.15, -0.1) is 0 Å². The van der Waals surface area contributed by atoms with Gasteiger partial charge in [-0.2, -0.15) is 0 Å². The average molecular weight is 348 g/mol. The maximum absolute atomic E-state index is 11.6. The normalized spacial score (nSPS) is 17.9. The van der Waals surface area contributed by atoms with Crippen LogP contribution < -0.4 is 10.1 Å². The summed E-state index contributed by atoms with van der Waals surface area (Å²) in [5, 5.41) is 2.13. The molecular formula is C12H14BrNO4S. The summed E-state index contributed by atoms with van der Waals surface area (Å²) in [5.74, 6) is 0.377. The van der Waals surface area contributed by atoms with E-state index in [1.54, 1.807) is 25.1 Å². The first-order valence-corrected chi connectivity index (χ1v) is 8.55. The third kappa shape index (κ3) is 3.09. The monoisotopic (exact) mass is 347 g/mol. The molecule has 1 N–H and O–H groups in total. The molecule has 1 aromatic rings. The Labute approximate surface area is 120 Å². The van der Waals surface area contributed by atoms with Crippen molar-refractivity contribution in [3.05, 3.63) is 23.8 Å². The lowest BCUT2D eigenvalue weighted by Crippen LogP contribution is -2.26. The Balaban J connectivity index is 2.32. The zero-order valence-corrected chi connectivity index (χ0v) is 12.9. The highest BCUT2D eigenvalue weighted by molar-refractivity contribution is 9.09. The van der Waals surface area contributed by atoms with Crippen LogP contribution in [0, 0.1) is 0 Å². The smallest absolute Gasteiger partial charge is 0.262 e. The van der Waals surface area contributed by atoms with Gasteiger partial charge in [-0.05, 0) is 24.6 Å². The van der Waals surface area contributed by atoms with Gasteiger partial charge in [0.15, 0.2) is 16.4 Å². The van der Waals surface area contributed by atoms with Gasteiger partial charge in [-0.25, -0.2) is 8.42 Å². The molecule has 0 spiro atoms. The predicted molar refractivity (Wildman–Crippen MR) is 76.5 cm³/mol. The van der Waals surface area contributed by atoms with Gasteiger partial charge in [0, 0.05) is 6.26 Å². The number of ether oxygens (including phenoxy) is 1. The summed E-state index contributed by atoms with van der Waals surface area (Å²) in [6, 6.07) is 5.25. The number of carbonyl (C=O) groups is 1. The lowest BCUT2D eigenvalue weighted by atomic mass is 10.1. The van der Waals surface area contributed by atoms with Gasteiger partial charge in [0.1, 0.15) is 5.75 Å². The molecule has 0 bridgehead atoms. The van der Waals surface area contributed by atoms with Crippen molar-refractivity contribution in [1.82, 2.24) is 0 Å². The average Bonchev–Trinajstić information content (AvgIpc) is 2.35. The number of hydrogen-bond donors (Lipinski definition) is 1. The number of amides is 1. The number of alkyl halides is 1. The summed E-state index contributed by atoms with van der Waals surface area (Å²) in [6.45, 7) is 1.65. The lowest BCUT2D eigenvalue weighted by Gasteiger charge is -2.21. The van der Waals surface area contributed by atoms with Crippen LogP contribution in [-0.4, -0.2) is 32.4 Å². The Hall–Kier alpha value is -1.08. The van der Waals surface area contributed by atoms with Gasteiger partial charge in [0.05, 0.1) is 15.8 Å². The van der Waals surface area contributed by atoms with Crippen molar-refractivity contribution < 1.29 is 17.9 Å². The molecule has 2 rings (SSSR count). The van der Waals surface area contributed by atoms with E-state index in [4.69, 9.17) is 4.74 Å². The van der Waals surface area contributed by atoms with E-state index >= 15 is 0 Å². The van der Waals surface area contributed by atoms with E-state index in [0.717, 1.165) is 5.56 Å². The predicted octanol–water partition coefficient (Wildman–Crippen LogP) is 1.89. The second-order valence-electron chi connectivity index (χ2n) is 4.53. The molecule has 19 heavy (non-hydrogen) atoms. The number of nitrogens with one attached hydrogen (secondary N) is 1. The first-order chi connectivity index (χ1) is 8.79. The van der Waals surface area contributed by atoms with Crippen LogP contribution in [0.25, 0.3) is 0 Å². The molecule has 1 heterocycles. The molecule has 5 nitrogen and oxygen atoms in total. The van der Waals surface area contributed by atoms with E-state index in [1.165, 1.54) is 6.26 Å². The van der Waals surface area contributed by atoms with Crippen molar-refractivity contribution in [3.8, 4) is 5.75 Å². The summed E-state index contributed by atoms with van der Waals surface area (Å²) in [7, 11) is -3.15. The highest BCUT2D eigenvalue weighted by atomic mass is 79.9. The van der Waals surface area contributed by atoms with Gasteiger partial charge in [0.25, 0.3) is 5.91 Å². The van der Waals surface area contributed by atoms with Crippen LogP contribution >= 0.6 is 15.9 Å². The first-order valence-electron chi connectivity index (χ1n) is 5.68. The lowest BCUT2D eigenvalue weighted by molar-refractivity contribution is -0.118. The quantitative estimate of drug-likeness (QED) is 0.847. The molecule has 2 unspecified atom stereocenters. The molecule has 7 heteroatoms. The van der Waals surface area contributed by atoms with Gasteiger partial charge < -0.3 is 10.1 Å². The summed E-state index contributed by atoms with van der Waals surface area (Å²) in [6.07, 6.45) is 1.20. The number of anilines is 1. The SMILES string of the molecule is CC(C(Br)c1ccc2c(c1)NC(=O)CO2)S(C)(=O)=O. The van der Waals surface area contributed by atoms with E-state index in [-0.39, 0.29) is 17.3 Å². The molecule has 1 amide bonds. The summed E-state index contributed by atoms with van der Waals surface area (Å²) in [5.41, 5.74) is 1.35. The zero-order valence-electron chi connectivity index (χ0n) is 10.5. The van der Waals surface area contributed by atoms with Gasteiger partial charge >= 0.3 is 0 Å². The second kappa shape index (κ2) is 5.13. The molecule has 2 atom stereocenters. The van der Waals surface area contributed by atoms with Crippen LogP contribution in [0.5, 0.6) is 5.75 Å². The fraction of sp³-hybridized carbons (Fsp3) is 0.417. The van der Waals surface area contributed by atoms with E-state index in [0.29, 0.717) is 11.4 Å². The number of halogens is 1. The van der Waals surface area contributed by atoms with Gasteiger partial charge in [0.2, 0.25) is 0 Å². The molecule has 1 aliphatic heterocycles. The molecule has 1 aliphatic rings. The Kier molecular flexibility index (Phi) is 3.87. The number of sulfone groups is 1. The fourth-order valence-electron chi connectivity index (χ4n) is 1.76. The number of rotatable bonds is 3. The van der Waals surface area contributed by atoms with Crippen LogP contribution in [0.3, 0.4) is 0 Å². The summed E-state index contributed by atoms with van der Waals surface area (Å²) in [4.78, 5) is 10.9. The van der Waals surface area contributed by atoms with Crippen molar-refractivity contribution in [2.24, 2.45) is 0 Å². The maximum atomic E-state index is 11.6. The second-order valence-corrected chi connectivity index (χ2v) is 7.92. The Morgan fingerprint density at radius 3 is 2.74 bits per heavy atom. The highest BCUT2D eigenvalue weighted by Crippen LogP contribution is 2.36.